The van der Waals surface area contributed by atoms with E-state index in [0.29, 0.717) is 12.1 Å². The van der Waals surface area contributed by atoms with Crippen molar-refractivity contribution in [1.82, 2.24) is 10.3 Å². The number of amides is 1. The summed E-state index contributed by atoms with van der Waals surface area (Å²) in [5.74, 6) is 1.55. The van der Waals surface area contributed by atoms with Crippen molar-refractivity contribution in [3.8, 4) is 11.5 Å². The molecule has 0 aliphatic carbocycles. The Morgan fingerprint density at radius 2 is 1.50 bits per heavy atom. The van der Waals surface area contributed by atoms with Crippen LogP contribution < -0.4 is 15.8 Å². The van der Waals surface area contributed by atoms with E-state index in [1.165, 1.54) is 5.56 Å². The molecule has 0 spiro atoms. The number of benzene rings is 2. The van der Waals surface area contributed by atoms with Crippen LogP contribution in [0.25, 0.3) is 0 Å². The highest BCUT2D eigenvalue weighted by Crippen LogP contribution is 2.25. The highest BCUT2D eigenvalue weighted by atomic mass is 16.5. The number of nitrogens with two attached hydrogens (primary N) is 1. The van der Waals surface area contributed by atoms with E-state index in [-0.39, 0.29) is 17.1 Å². The fourth-order valence-electron chi connectivity index (χ4n) is 3.15. The molecule has 0 aliphatic heterocycles. The second kappa shape index (κ2) is 8.99. The van der Waals surface area contributed by atoms with Gasteiger partial charge in [0.15, 0.2) is 0 Å². The first-order valence-corrected chi connectivity index (χ1v) is 10.1. The minimum absolute atomic E-state index is 0.240. The van der Waals surface area contributed by atoms with Crippen LogP contribution in [0.4, 0.5) is 5.82 Å². The summed E-state index contributed by atoms with van der Waals surface area (Å²) in [4.78, 5) is 16.4. The molecule has 0 aliphatic rings. The van der Waals surface area contributed by atoms with Crippen LogP contribution in [0.2, 0.25) is 0 Å². The number of carbonyl (C=O) groups is 1. The van der Waals surface area contributed by atoms with Gasteiger partial charge >= 0.3 is 0 Å². The Labute approximate surface area is 178 Å². The number of nitrogens with one attached hydrogen (secondary N) is 1. The summed E-state index contributed by atoms with van der Waals surface area (Å²) >= 11 is 0. The number of aryl methyl sites for hydroxylation is 1. The highest BCUT2D eigenvalue weighted by molar-refractivity contribution is 5.98. The molecule has 1 heterocycles. The molecule has 3 N–H and O–H groups in total. The molecule has 0 saturated carbocycles. The Kier molecular flexibility index (Phi) is 6.40. The zero-order valence-corrected chi connectivity index (χ0v) is 18.0. The highest BCUT2D eigenvalue weighted by Gasteiger charge is 2.12. The van der Waals surface area contributed by atoms with Crippen LogP contribution in [-0.4, -0.2) is 10.9 Å². The largest absolute Gasteiger partial charge is 0.457 e. The van der Waals surface area contributed by atoms with Gasteiger partial charge in [0.05, 0.1) is 5.56 Å². The molecule has 0 atom stereocenters. The lowest BCUT2D eigenvalue weighted by molar-refractivity contribution is 0.0951. The predicted octanol–water partition coefficient (Wildman–Crippen LogP) is 5.28. The molecule has 0 radical (unpaired) electrons. The van der Waals surface area contributed by atoms with Crippen molar-refractivity contribution < 1.29 is 9.53 Å². The van der Waals surface area contributed by atoms with Crippen molar-refractivity contribution in [2.24, 2.45) is 5.41 Å². The summed E-state index contributed by atoms with van der Waals surface area (Å²) < 4.78 is 5.93. The first-order valence-electron chi connectivity index (χ1n) is 10.1. The third-order valence-corrected chi connectivity index (χ3v) is 4.58. The lowest BCUT2D eigenvalue weighted by Crippen LogP contribution is -2.24. The number of anilines is 1. The van der Waals surface area contributed by atoms with Crippen molar-refractivity contribution in [3.63, 3.8) is 0 Å². The number of aromatic nitrogens is 1. The van der Waals surface area contributed by atoms with Gasteiger partial charge < -0.3 is 15.8 Å². The van der Waals surface area contributed by atoms with E-state index in [1.807, 2.05) is 43.3 Å². The second-order valence-electron chi connectivity index (χ2n) is 8.70. The number of hydrogen-bond donors (Lipinski definition) is 2. The van der Waals surface area contributed by atoms with E-state index in [1.54, 1.807) is 12.1 Å². The minimum atomic E-state index is -0.240. The SMILES string of the molecule is Cc1ccc(C(=O)NCc2ccc(Oc3ccc(CC(C)(C)C)cc3)cc2)c(N)n1. The molecule has 1 amide bonds. The summed E-state index contributed by atoms with van der Waals surface area (Å²) in [6.45, 7) is 8.92. The lowest BCUT2D eigenvalue weighted by atomic mass is 9.88. The van der Waals surface area contributed by atoms with Gasteiger partial charge in [-0.25, -0.2) is 4.98 Å². The molecule has 3 rings (SSSR count). The molecule has 2 aromatic carbocycles. The van der Waals surface area contributed by atoms with Crippen LogP contribution in [0.5, 0.6) is 11.5 Å². The fraction of sp³-hybridized carbons (Fsp3) is 0.280. The van der Waals surface area contributed by atoms with Crippen molar-refractivity contribution >= 4 is 11.7 Å². The van der Waals surface area contributed by atoms with Crippen LogP contribution in [0.3, 0.4) is 0 Å². The van der Waals surface area contributed by atoms with Gasteiger partial charge in [0.2, 0.25) is 0 Å². The predicted molar refractivity (Wildman–Crippen MR) is 121 cm³/mol. The number of nitrogens with zero attached hydrogens (tertiary/aromatic N) is 1. The standard InChI is InChI=1S/C25H29N3O2/c1-17-5-14-22(23(26)28-17)24(29)27-16-19-8-12-21(13-9-19)30-20-10-6-18(7-11-20)15-25(2,3)4/h5-14H,15-16H2,1-4H3,(H2,26,28)(H,27,29). The monoisotopic (exact) mass is 403 g/mol. The molecule has 156 valence electrons. The number of carbonyl (C=O) groups excluding carboxylic acids is 1. The van der Waals surface area contributed by atoms with Gasteiger partial charge in [0, 0.05) is 12.2 Å². The summed E-state index contributed by atoms with van der Waals surface area (Å²) in [6.07, 6.45) is 1.03. The molecule has 0 bridgehead atoms. The molecule has 5 heteroatoms. The summed E-state index contributed by atoms with van der Waals surface area (Å²) in [7, 11) is 0. The van der Waals surface area contributed by atoms with Crippen LogP contribution in [0.15, 0.2) is 60.7 Å². The van der Waals surface area contributed by atoms with Crippen molar-refractivity contribution in [3.05, 3.63) is 83.0 Å². The quantitative estimate of drug-likeness (QED) is 0.587. The van der Waals surface area contributed by atoms with E-state index < -0.39 is 0 Å². The second-order valence-corrected chi connectivity index (χ2v) is 8.70. The number of pyridine rings is 1. The Balaban J connectivity index is 1.55. The topological polar surface area (TPSA) is 77.2 Å². The Bertz CT molecular complexity index is 1000. The first-order chi connectivity index (χ1) is 14.2. The maximum atomic E-state index is 12.3. The molecule has 0 fully saturated rings. The van der Waals surface area contributed by atoms with Gasteiger partial charge in [-0.15, -0.1) is 0 Å². The Morgan fingerprint density at radius 1 is 0.933 bits per heavy atom. The lowest BCUT2D eigenvalue weighted by Gasteiger charge is -2.18. The van der Waals surface area contributed by atoms with Crippen molar-refractivity contribution in [2.75, 3.05) is 5.73 Å². The maximum Gasteiger partial charge on any atom is 0.255 e. The number of ether oxygens (including phenoxy) is 1. The first kappa shape index (κ1) is 21.4. The van der Waals surface area contributed by atoms with Gasteiger partial charge in [-0.2, -0.15) is 0 Å². The van der Waals surface area contributed by atoms with Gasteiger partial charge in [0.1, 0.15) is 17.3 Å². The van der Waals surface area contributed by atoms with Gasteiger partial charge in [-0.05, 0) is 66.3 Å². The van der Waals surface area contributed by atoms with Crippen molar-refractivity contribution in [1.29, 1.82) is 0 Å². The average molecular weight is 404 g/mol. The van der Waals surface area contributed by atoms with Crippen molar-refractivity contribution in [2.45, 2.75) is 40.7 Å². The van der Waals surface area contributed by atoms with Crippen LogP contribution in [-0.2, 0) is 13.0 Å². The molecular weight excluding hydrogens is 374 g/mol. The maximum absolute atomic E-state index is 12.3. The van der Waals surface area contributed by atoms with E-state index in [4.69, 9.17) is 10.5 Å². The number of hydrogen-bond acceptors (Lipinski definition) is 4. The average Bonchev–Trinajstić information content (AvgIpc) is 2.67. The summed E-state index contributed by atoms with van der Waals surface area (Å²) in [6, 6.07) is 19.3. The van der Waals surface area contributed by atoms with Gasteiger partial charge in [0.25, 0.3) is 5.91 Å². The van der Waals surface area contributed by atoms with E-state index in [2.05, 4.69) is 43.2 Å². The Morgan fingerprint density at radius 3 is 2.03 bits per heavy atom. The normalized spacial score (nSPS) is 11.2. The summed E-state index contributed by atoms with van der Waals surface area (Å²) in [5.41, 5.74) is 9.52. The zero-order chi connectivity index (χ0) is 21.7. The molecule has 0 saturated heterocycles. The van der Waals surface area contributed by atoms with E-state index >= 15 is 0 Å². The van der Waals surface area contributed by atoms with E-state index in [0.717, 1.165) is 29.2 Å². The molecule has 1 aromatic heterocycles. The third kappa shape index (κ3) is 6.08. The fourth-order valence-corrected chi connectivity index (χ4v) is 3.15. The smallest absolute Gasteiger partial charge is 0.255 e. The third-order valence-electron chi connectivity index (χ3n) is 4.58. The van der Waals surface area contributed by atoms with Crippen LogP contribution in [0, 0.1) is 12.3 Å². The van der Waals surface area contributed by atoms with E-state index in [9.17, 15) is 4.79 Å². The molecule has 5 nitrogen and oxygen atoms in total. The molecule has 30 heavy (non-hydrogen) atoms. The van der Waals surface area contributed by atoms with Crippen LogP contribution >= 0.6 is 0 Å². The number of nitrogen functional groups attached to an aromatic ring is 1. The van der Waals surface area contributed by atoms with Crippen LogP contribution in [0.1, 0.15) is 48.0 Å². The van der Waals surface area contributed by atoms with Gasteiger partial charge in [-0.1, -0.05) is 45.0 Å². The molecule has 0 unspecified atom stereocenters. The Hall–Kier alpha value is -3.34. The zero-order valence-electron chi connectivity index (χ0n) is 18.0. The minimum Gasteiger partial charge on any atom is -0.457 e. The molecule has 3 aromatic rings. The van der Waals surface area contributed by atoms with Gasteiger partial charge in [-0.3, -0.25) is 4.79 Å². The number of rotatable bonds is 6. The molecular formula is C25H29N3O2. The summed E-state index contributed by atoms with van der Waals surface area (Å²) in [5, 5.41) is 2.87.